The highest BCUT2D eigenvalue weighted by Crippen LogP contribution is 2.31. The maximum absolute atomic E-state index is 12.4. The fraction of sp³-hybridized carbons (Fsp3) is 0.500. The molecule has 1 aliphatic carbocycles. The van der Waals surface area contributed by atoms with Crippen molar-refractivity contribution in [1.82, 2.24) is 5.32 Å². The van der Waals surface area contributed by atoms with Gasteiger partial charge in [-0.2, -0.15) is 8.78 Å². The van der Waals surface area contributed by atoms with E-state index in [9.17, 15) is 13.6 Å². The van der Waals surface area contributed by atoms with E-state index in [2.05, 4.69) is 23.5 Å². The third kappa shape index (κ3) is 7.21. The highest BCUT2D eigenvalue weighted by molar-refractivity contribution is 5.79. The fourth-order valence-electron chi connectivity index (χ4n) is 4.19. The number of ether oxygens (including phenoxy) is 2. The topological polar surface area (TPSA) is 47.6 Å². The van der Waals surface area contributed by atoms with Crippen LogP contribution in [0.25, 0.3) is 0 Å². The molecule has 0 bridgehead atoms. The number of halogens is 2. The monoisotopic (exact) mass is 445 g/mol. The number of amides is 1. The maximum atomic E-state index is 12.4. The molecule has 2 aromatic rings. The Labute approximate surface area is 189 Å². The second kappa shape index (κ2) is 11.3. The molecule has 0 heterocycles. The minimum atomic E-state index is -3.01. The second-order valence-corrected chi connectivity index (χ2v) is 8.88. The lowest BCUT2D eigenvalue weighted by Gasteiger charge is -2.29. The van der Waals surface area contributed by atoms with Crippen LogP contribution in [-0.2, 0) is 11.2 Å². The van der Waals surface area contributed by atoms with Gasteiger partial charge in [0.1, 0.15) is 11.5 Å². The van der Waals surface area contributed by atoms with Gasteiger partial charge in [-0.15, -0.1) is 0 Å². The van der Waals surface area contributed by atoms with Crippen molar-refractivity contribution in [3.8, 4) is 11.5 Å². The predicted octanol–water partition coefficient (Wildman–Crippen LogP) is 6.10. The molecule has 1 saturated carbocycles. The average Bonchev–Trinajstić information content (AvgIpc) is 2.75. The summed E-state index contributed by atoms with van der Waals surface area (Å²) in [6.07, 6.45) is 2.66. The van der Waals surface area contributed by atoms with Crippen LogP contribution < -0.4 is 14.8 Å². The second-order valence-electron chi connectivity index (χ2n) is 8.88. The Morgan fingerprint density at radius 3 is 2.31 bits per heavy atom. The highest BCUT2D eigenvalue weighted by atomic mass is 19.3. The molecule has 1 N–H and O–H groups in total. The number of nitrogens with one attached hydrogen (secondary N) is 1. The van der Waals surface area contributed by atoms with E-state index >= 15 is 0 Å². The van der Waals surface area contributed by atoms with E-state index in [4.69, 9.17) is 9.47 Å². The number of hydrogen-bond acceptors (Lipinski definition) is 3. The van der Waals surface area contributed by atoms with Crippen molar-refractivity contribution in [2.45, 2.75) is 77.6 Å². The summed E-state index contributed by atoms with van der Waals surface area (Å²) in [6.45, 7) is 5.75. The zero-order valence-electron chi connectivity index (χ0n) is 19.0. The number of rotatable bonds is 9. The first-order valence-electron chi connectivity index (χ1n) is 11.4. The van der Waals surface area contributed by atoms with Crippen molar-refractivity contribution in [3.05, 3.63) is 59.7 Å². The molecule has 1 amide bonds. The Hall–Kier alpha value is -2.63. The molecule has 32 heavy (non-hydrogen) atoms. The number of alkyl halides is 2. The number of carbonyl (C=O) groups excluding carboxylic acids is 1. The molecule has 4 nitrogen and oxygen atoms in total. The van der Waals surface area contributed by atoms with E-state index < -0.39 is 18.4 Å². The van der Waals surface area contributed by atoms with Crippen LogP contribution in [0.2, 0.25) is 0 Å². The molecule has 1 aliphatic rings. The van der Waals surface area contributed by atoms with Gasteiger partial charge in [0.05, 0.1) is 18.2 Å². The molecular weight excluding hydrogens is 412 g/mol. The first kappa shape index (κ1) is 24.0. The van der Waals surface area contributed by atoms with Crippen LogP contribution in [0, 0.1) is 5.92 Å². The van der Waals surface area contributed by atoms with E-state index in [1.165, 1.54) is 5.56 Å². The smallest absolute Gasteiger partial charge is 0.315 e. The van der Waals surface area contributed by atoms with Gasteiger partial charge in [0, 0.05) is 0 Å². The Balaban J connectivity index is 1.45. The van der Waals surface area contributed by atoms with Gasteiger partial charge in [0.15, 0.2) is 0 Å². The molecule has 0 aliphatic heterocycles. The first-order chi connectivity index (χ1) is 15.3. The van der Waals surface area contributed by atoms with Crippen molar-refractivity contribution in [3.63, 3.8) is 0 Å². The summed E-state index contributed by atoms with van der Waals surface area (Å²) in [5.74, 6) is 1.09. The average molecular weight is 446 g/mol. The minimum absolute atomic E-state index is 0.173. The number of hydrogen-bond donors (Lipinski definition) is 1. The molecule has 174 valence electrons. The highest BCUT2D eigenvalue weighted by Gasteiger charge is 2.23. The lowest BCUT2D eigenvalue weighted by Crippen LogP contribution is -2.31. The van der Waals surface area contributed by atoms with Gasteiger partial charge >= 0.3 is 6.43 Å². The van der Waals surface area contributed by atoms with Crippen LogP contribution in [0.5, 0.6) is 11.5 Å². The van der Waals surface area contributed by atoms with Gasteiger partial charge in [0.25, 0.3) is 5.91 Å². The third-order valence-corrected chi connectivity index (χ3v) is 5.83. The summed E-state index contributed by atoms with van der Waals surface area (Å²) in [6, 6.07) is 15.2. The molecule has 0 radical (unpaired) electrons. The van der Waals surface area contributed by atoms with E-state index in [0.29, 0.717) is 5.92 Å². The zero-order chi connectivity index (χ0) is 23.1. The Bertz CT molecular complexity index is 862. The molecule has 0 aromatic heterocycles. The third-order valence-electron chi connectivity index (χ3n) is 5.83. The molecule has 2 aromatic carbocycles. The van der Waals surface area contributed by atoms with E-state index in [0.717, 1.165) is 49.2 Å². The van der Waals surface area contributed by atoms with Gasteiger partial charge in [-0.25, -0.2) is 0 Å². The maximum Gasteiger partial charge on any atom is 0.315 e. The summed E-state index contributed by atoms with van der Waals surface area (Å²) in [5.41, 5.74) is 2.08. The summed E-state index contributed by atoms with van der Waals surface area (Å²) in [4.78, 5) is 11.2. The lowest BCUT2D eigenvalue weighted by atomic mass is 9.83. The van der Waals surface area contributed by atoms with Gasteiger partial charge in [-0.05, 0) is 94.2 Å². The van der Waals surface area contributed by atoms with Gasteiger partial charge in [0.2, 0.25) is 0 Å². The van der Waals surface area contributed by atoms with Gasteiger partial charge in [-0.3, -0.25) is 4.79 Å². The van der Waals surface area contributed by atoms with Crippen LogP contribution in [0.15, 0.2) is 48.5 Å². The molecule has 3 rings (SSSR count). The summed E-state index contributed by atoms with van der Waals surface area (Å²) >= 11 is 0. The molecule has 0 spiro atoms. The van der Waals surface area contributed by atoms with Crippen LogP contribution in [0.4, 0.5) is 8.78 Å². The van der Waals surface area contributed by atoms with Gasteiger partial charge in [-0.1, -0.05) is 24.3 Å². The van der Waals surface area contributed by atoms with E-state index in [1.54, 1.807) is 6.92 Å². The van der Waals surface area contributed by atoms with Crippen molar-refractivity contribution in [2.24, 2.45) is 5.92 Å². The van der Waals surface area contributed by atoms with Crippen molar-refractivity contribution in [1.29, 1.82) is 0 Å². The van der Waals surface area contributed by atoms with Crippen LogP contribution >= 0.6 is 0 Å². The van der Waals surface area contributed by atoms with Crippen LogP contribution in [0.3, 0.4) is 0 Å². The largest absolute Gasteiger partial charge is 0.491 e. The Morgan fingerprint density at radius 2 is 1.69 bits per heavy atom. The van der Waals surface area contributed by atoms with E-state index in [-0.39, 0.29) is 12.2 Å². The number of carbonyl (C=O) groups is 1. The summed E-state index contributed by atoms with van der Waals surface area (Å²) in [5, 5.41) is 2.30. The molecular formula is C26H33F2NO3. The zero-order valence-corrected chi connectivity index (χ0v) is 19.0. The molecule has 1 unspecified atom stereocenters. The van der Waals surface area contributed by atoms with Crippen LogP contribution in [-0.4, -0.2) is 24.5 Å². The first-order valence-corrected chi connectivity index (χ1v) is 11.4. The minimum Gasteiger partial charge on any atom is -0.491 e. The van der Waals surface area contributed by atoms with Crippen molar-refractivity contribution < 1.29 is 23.0 Å². The molecule has 1 atom stereocenters. The molecule has 6 heteroatoms. The standard InChI is InChI=1S/C26H33F2NO3/c1-17(2)31-24-6-4-5-20(16-24)15-19-7-11-22(12-8-19)32-23-13-9-21(10-14-23)18(3)29-26(30)25(27)28/h4-6,9-10,13-14,16-19,22,25H,7-8,11-12,15H2,1-3H3,(H,29,30). The predicted molar refractivity (Wildman–Crippen MR) is 121 cm³/mol. The fourth-order valence-corrected chi connectivity index (χ4v) is 4.19. The lowest BCUT2D eigenvalue weighted by molar-refractivity contribution is -0.132. The van der Waals surface area contributed by atoms with Crippen molar-refractivity contribution >= 4 is 5.91 Å². The summed E-state index contributed by atoms with van der Waals surface area (Å²) in [7, 11) is 0. The summed E-state index contributed by atoms with van der Waals surface area (Å²) < 4.78 is 36.8. The van der Waals surface area contributed by atoms with Gasteiger partial charge < -0.3 is 14.8 Å². The van der Waals surface area contributed by atoms with E-state index in [1.807, 2.05) is 44.2 Å². The SMILES string of the molecule is CC(C)Oc1cccc(CC2CCC(Oc3ccc(C(C)NC(=O)C(F)F)cc3)CC2)c1. The van der Waals surface area contributed by atoms with Crippen molar-refractivity contribution in [2.75, 3.05) is 0 Å². The molecule has 1 fully saturated rings. The Kier molecular flexibility index (Phi) is 8.48. The normalized spacial score (nSPS) is 19.6. The van der Waals surface area contributed by atoms with Crippen LogP contribution in [0.1, 0.15) is 63.6 Å². The quantitative estimate of drug-likeness (QED) is 0.508. The Morgan fingerprint density at radius 1 is 1.00 bits per heavy atom. The number of benzene rings is 2. The molecule has 0 saturated heterocycles.